The molecule has 1 heterocycles. The zero-order valence-electron chi connectivity index (χ0n) is 14.1. The number of aryl methyl sites for hydroxylation is 2. The Labute approximate surface area is 142 Å². The first-order valence-electron chi connectivity index (χ1n) is 8.67. The summed E-state index contributed by atoms with van der Waals surface area (Å²) < 4.78 is 5.82. The standard InChI is InChI=1S/C19H25NO4/c1-13-3-2-4-14(9-13)5-6-17(21)20-16-7-8-24-19(12-16)10-15(11-19)18(22)23/h2-4,9,15-16H,5-8,10-12H2,1H3,(H,20,21)(H,22,23). The second-order valence-electron chi connectivity index (χ2n) is 7.22. The van der Waals surface area contributed by atoms with E-state index in [1.54, 1.807) is 0 Å². The second-order valence-corrected chi connectivity index (χ2v) is 7.22. The monoisotopic (exact) mass is 331 g/mol. The maximum Gasteiger partial charge on any atom is 0.306 e. The molecule has 1 spiro atoms. The third-order valence-electron chi connectivity index (χ3n) is 5.17. The number of amides is 1. The van der Waals surface area contributed by atoms with Crippen molar-refractivity contribution in [1.82, 2.24) is 5.32 Å². The third-order valence-corrected chi connectivity index (χ3v) is 5.17. The van der Waals surface area contributed by atoms with Gasteiger partial charge in [0.1, 0.15) is 0 Å². The van der Waals surface area contributed by atoms with Crippen LogP contribution in [0.3, 0.4) is 0 Å². The quantitative estimate of drug-likeness (QED) is 0.869. The molecule has 5 nitrogen and oxygen atoms in total. The van der Waals surface area contributed by atoms with Gasteiger partial charge in [0.05, 0.1) is 11.5 Å². The SMILES string of the molecule is Cc1cccc(CCC(=O)NC2CCOC3(C2)CC(C(=O)O)C3)c1. The van der Waals surface area contributed by atoms with E-state index in [0.29, 0.717) is 25.9 Å². The molecule has 1 atom stereocenters. The number of nitrogens with one attached hydrogen (secondary N) is 1. The first-order valence-corrected chi connectivity index (χ1v) is 8.67. The Bertz CT molecular complexity index is 622. The molecule has 5 heteroatoms. The molecule has 2 N–H and O–H groups in total. The second kappa shape index (κ2) is 6.93. The van der Waals surface area contributed by atoms with Gasteiger partial charge in [0.2, 0.25) is 5.91 Å². The largest absolute Gasteiger partial charge is 0.481 e. The molecular weight excluding hydrogens is 306 g/mol. The summed E-state index contributed by atoms with van der Waals surface area (Å²) in [6, 6.07) is 8.31. The highest BCUT2D eigenvalue weighted by Crippen LogP contribution is 2.46. The fourth-order valence-electron chi connectivity index (χ4n) is 3.87. The first kappa shape index (κ1) is 17.0. The van der Waals surface area contributed by atoms with Crippen molar-refractivity contribution in [3.63, 3.8) is 0 Å². The van der Waals surface area contributed by atoms with Gasteiger partial charge >= 0.3 is 5.97 Å². The topological polar surface area (TPSA) is 75.6 Å². The van der Waals surface area contributed by atoms with Crippen LogP contribution in [0.15, 0.2) is 24.3 Å². The molecule has 0 aromatic heterocycles. The van der Waals surface area contributed by atoms with Crippen LogP contribution in [0.5, 0.6) is 0 Å². The van der Waals surface area contributed by atoms with Crippen molar-refractivity contribution in [3.05, 3.63) is 35.4 Å². The van der Waals surface area contributed by atoms with Gasteiger partial charge in [-0.15, -0.1) is 0 Å². The molecular formula is C19H25NO4. The minimum absolute atomic E-state index is 0.0627. The van der Waals surface area contributed by atoms with Crippen molar-refractivity contribution < 1.29 is 19.4 Å². The highest BCUT2D eigenvalue weighted by molar-refractivity contribution is 5.76. The number of carboxylic acids is 1. The van der Waals surface area contributed by atoms with Crippen LogP contribution in [0.25, 0.3) is 0 Å². The molecule has 130 valence electrons. The van der Waals surface area contributed by atoms with E-state index >= 15 is 0 Å². The minimum Gasteiger partial charge on any atom is -0.481 e. The average Bonchev–Trinajstić information content (AvgIpc) is 2.51. The van der Waals surface area contributed by atoms with Gasteiger partial charge in [0, 0.05) is 19.1 Å². The lowest BCUT2D eigenvalue weighted by Gasteiger charge is -2.50. The molecule has 3 rings (SSSR count). The summed E-state index contributed by atoms with van der Waals surface area (Å²) in [6.07, 6.45) is 3.88. The molecule has 1 amide bonds. The van der Waals surface area contributed by atoms with Crippen LogP contribution in [0, 0.1) is 12.8 Å². The van der Waals surface area contributed by atoms with Crippen LogP contribution in [0.2, 0.25) is 0 Å². The third kappa shape index (κ3) is 3.96. The fraction of sp³-hybridized carbons (Fsp3) is 0.579. The van der Waals surface area contributed by atoms with Crippen molar-refractivity contribution in [1.29, 1.82) is 0 Å². The molecule has 24 heavy (non-hydrogen) atoms. The Balaban J connectivity index is 1.45. The van der Waals surface area contributed by atoms with Gasteiger partial charge in [0.15, 0.2) is 0 Å². The van der Waals surface area contributed by atoms with Crippen LogP contribution in [0.1, 0.15) is 43.2 Å². The Morgan fingerprint density at radius 2 is 2.12 bits per heavy atom. The Hall–Kier alpha value is -1.88. The van der Waals surface area contributed by atoms with Crippen LogP contribution >= 0.6 is 0 Å². The van der Waals surface area contributed by atoms with Gasteiger partial charge in [-0.25, -0.2) is 0 Å². The summed E-state index contributed by atoms with van der Waals surface area (Å²) >= 11 is 0. The number of carbonyl (C=O) groups is 2. The highest BCUT2D eigenvalue weighted by Gasteiger charge is 2.51. The molecule has 1 aromatic carbocycles. The van der Waals surface area contributed by atoms with E-state index in [1.165, 1.54) is 11.1 Å². The van der Waals surface area contributed by atoms with Gasteiger partial charge in [-0.05, 0) is 44.6 Å². The van der Waals surface area contributed by atoms with E-state index in [1.807, 2.05) is 25.1 Å². The molecule has 1 aliphatic heterocycles. The van der Waals surface area contributed by atoms with Crippen molar-refractivity contribution in [2.75, 3.05) is 6.61 Å². The predicted octanol–water partition coefficient (Wildman–Crippen LogP) is 2.46. The molecule has 1 aromatic rings. The lowest BCUT2D eigenvalue weighted by Crippen LogP contribution is -2.56. The fourth-order valence-corrected chi connectivity index (χ4v) is 3.87. The number of carbonyl (C=O) groups excluding carboxylic acids is 1. The number of hydrogen-bond donors (Lipinski definition) is 2. The van der Waals surface area contributed by atoms with Crippen LogP contribution in [-0.2, 0) is 20.7 Å². The Morgan fingerprint density at radius 3 is 2.83 bits per heavy atom. The maximum atomic E-state index is 12.2. The molecule has 0 bridgehead atoms. The number of rotatable bonds is 5. The van der Waals surface area contributed by atoms with E-state index in [0.717, 1.165) is 19.3 Å². The lowest BCUT2D eigenvalue weighted by atomic mass is 9.66. The Kier molecular flexibility index (Phi) is 4.90. The molecule has 1 saturated carbocycles. The number of benzene rings is 1. The van der Waals surface area contributed by atoms with Crippen molar-refractivity contribution in [3.8, 4) is 0 Å². The van der Waals surface area contributed by atoms with Crippen LogP contribution < -0.4 is 5.32 Å². The van der Waals surface area contributed by atoms with Crippen molar-refractivity contribution in [2.45, 2.75) is 57.1 Å². The lowest BCUT2D eigenvalue weighted by molar-refractivity contribution is -0.182. The van der Waals surface area contributed by atoms with Crippen molar-refractivity contribution >= 4 is 11.9 Å². The van der Waals surface area contributed by atoms with Gasteiger partial charge in [0.25, 0.3) is 0 Å². The zero-order valence-corrected chi connectivity index (χ0v) is 14.1. The molecule has 0 radical (unpaired) electrons. The normalized spacial score (nSPS) is 29.0. The molecule has 2 fully saturated rings. The zero-order chi connectivity index (χ0) is 17.2. The number of carboxylic acid groups (broad SMARTS) is 1. The van der Waals surface area contributed by atoms with Crippen LogP contribution in [-0.4, -0.2) is 35.2 Å². The van der Waals surface area contributed by atoms with Crippen molar-refractivity contribution in [2.24, 2.45) is 5.92 Å². The Morgan fingerprint density at radius 1 is 1.33 bits per heavy atom. The van der Waals surface area contributed by atoms with E-state index in [4.69, 9.17) is 9.84 Å². The van der Waals surface area contributed by atoms with E-state index in [2.05, 4.69) is 11.4 Å². The molecule has 2 aliphatic rings. The maximum absolute atomic E-state index is 12.2. The first-order chi connectivity index (χ1) is 11.5. The summed E-state index contributed by atoms with van der Waals surface area (Å²) in [6.45, 7) is 2.64. The smallest absolute Gasteiger partial charge is 0.306 e. The molecule has 1 saturated heterocycles. The van der Waals surface area contributed by atoms with E-state index < -0.39 is 5.97 Å². The van der Waals surface area contributed by atoms with E-state index in [-0.39, 0.29) is 23.5 Å². The molecule has 1 aliphatic carbocycles. The number of aliphatic carboxylic acids is 1. The van der Waals surface area contributed by atoms with E-state index in [9.17, 15) is 9.59 Å². The van der Waals surface area contributed by atoms with Gasteiger partial charge < -0.3 is 15.2 Å². The predicted molar refractivity (Wildman–Crippen MR) is 89.7 cm³/mol. The molecule has 1 unspecified atom stereocenters. The summed E-state index contributed by atoms with van der Waals surface area (Å²) in [5.41, 5.74) is 2.06. The summed E-state index contributed by atoms with van der Waals surface area (Å²) in [4.78, 5) is 23.2. The number of ether oxygens (including phenoxy) is 1. The van der Waals surface area contributed by atoms with Gasteiger partial charge in [-0.3, -0.25) is 9.59 Å². The summed E-state index contributed by atoms with van der Waals surface area (Å²) in [5, 5.41) is 12.1. The summed E-state index contributed by atoms with van der Waals surface area (Å²) in [7, 11) is 0. The van der Waals surface area contributed by atoms with Gasteiger partial charge in [-0.1, -0.05) is 29.8 Å². The highest BCUT2D eigenvalue weighted by atomic mass is 16.5. The van der Waals surface area contributed by atoms with Gasteiger partial charge in [-0.2, -0.15) is 0 Å². The number of hydrogen-bond acceptors (Lipinski definition) is 3. The van der Waals surface area contributed by atoms with Crippen LogP contribution in [0.4, 0.5) is 0 Å². The summed E-state index contributed by atoms with van der Waals surface area (Å²) in [5.74, 6) is -0.970. The average molecular weight is 331 g/mol. The minimum atomic E-state index is -0.742.